The van der Waals surface area contributed by atoms with Gasteiger partial charge in [-0.3, -0.25) is 0 Å². The Bertz CT molecular complexity index is 1220. The second-order valence-electron chi connectivity index (χ2n) is 7.40. The van der Waals surface area contributed by atoms with E-state index in [9.17, 15) is 5.26 Å². The van der Waals surface area contributed by atoms with Crippen molar-refractivity contribution in [1.29, 1.82) is 5.26 Å². The van der Waals surface area contributed by atoms with E-state index in [4.69, 9.17) is 9.72 Å². The summed E-state index contributed by atoms with van der Waals surface area (Å²) in [5.41, 5.74) is 5.62. The van der Waals surface area contributed by atoms with Gasteiger partial charge in [-0.15, -0.1) is 11.8 Å². The van der Waals surface area contributed by atoms with E-state index >= 15 is 0 Å². The average molecular weight is 437 g/mol. The fourth-order valence-corrected chi connectivity index (χ4v) is 4.38. The molecule has 0 spiro atoms. The van der Waals surface area contributed by atoms with Gasteiger partial charge in [0.1, 0.15) is 16.8 Å². The fraction of sp³-hybridized carbons (Fsp3) is 0.143. The van der Waals surface area contributed by atoms with Crippen LogP contribution in [0.1, 0.15) is 17.5 Å². The molecule has 0 atom stereocenters. The van der Waals surface area contributed by atoms with Crippen LogP contribution in [0.5, 0.6) is 5.75 Å². The highest BCUT2D eigenvalue weighted by molar-refractivity contribution is 7.99. The van der Waals surface area contributed by atoms with Crippen molar-refractivity contribution < 1.29 is 4.74 Å². The van der Waals surface area contributed by atoms with Crippen molar-refractivity contribution in [1.82, 2.24) is 4.98 Å². The maximum absolute atomic E-state index is 9.98. The summed E-state index contributed by atoms with van der Waals surface area (Å²) in [5, 5.41) is 10.7. The Labute approximate surface area is 193 Å². The summed E-state index contributed by atoms with van der Waals surface area (Å²) in [7, 11) is 0. The molecule has 0 amide bonds. The van der Waals surface area contributed by atoms with Crippen LogP contribution < -0.4 is 4.74 Å². The molecule has 0 unspecified atom stereocenters. The van der Waals surface area contributed by atoms with Crippen molar-refractivity contribution in [3.63, 3.8) is 0 Å². The number of rotatable bonds is 8. The molecule has 1 aromatic heterocycles. The van der Waals surface area contributed by atoms with Crippen LogP contribution in [-0.4, -0.2) is 17.3 Å². The Morgan fingerprint density at radius 2 is 1.53 bits per heavy atom. The number of hydrogen-bond donors (Lipinski definition) is 0. The molecule has 0 aliphatic rings. The normalized spacial score (nSPS) is 10.5. The number of aryl methyl sites for hydroxylation is 1. The van der Waals surface area contributed by atoms with Gasteiger partial charge < -0.3 is 4.74 Å². The van der Waals surface area contributed by atoms with Gasteiger partial charge in [0, 0.05) is 16.9 Å². The highest BCUT2D eigenvalue weighted by Gasteiger charge is 2.15. The highest BCUT2D eigenvalue weighted by Crippen LogP contribution is 2.34. The van der Waals surface area contributed by atoms with Crippen LogP contribution in [0.4, 0.5) is 0 Å². The molecule has 0 aliphatic carbocycles. The van der Waals surface area contributed by atoms with E-state index in [1.165, 1.54) is 0 Å². The van der Waals surface area contributed by atoms with E-state index in [1.807, 2.05) is 97.9 Å². The Morgan fingerprint density at radius 1 is 0.875 bits per heavy atom. The number of thioether (sulfide) groups is 1. The van der Waals surface area contributed by atoms with Crippen molar-refractivity contribution in [2.45, 2.75) is 18.4 Å². The van der Waals surface area contributed by atoms with E-state index in [-0.39, 0.29) is 0 Å². The lowest BCUT2D eigenvalue weighted by molar-refractivity contribution is 0.316. The summed E-state index contributed by atoms with van der Waals surface area (Å²) in [4.78, 5) is 4.87. The van der Waals surface area contributed by atoms with Crippen LogP contribution in [0.15, 0.2) is 96.0 Å². The van der Waals surface area contributed by atoms with Crippen molar-refractivity contribution >= 4 is 11.8 Å². The molecule has 0 aliphatic heterocycles. The average Bonchev–Trinajstić information content (AvgIpc) is 2.85. The van der Waals surface area contributed by atoms with Crippen LogP contribution in [0, 0.1) is 18.3 Å². The monoisotopic (exact) mass is 436 g/mol. The molecule has 0 radical (unpaired) electrons. The Kier molecular flexibility index (Phi) is 7.22. The summed E-state index contributed by atoms with van der Waals surface area (Å²) < 4.78 is 5.92. The third-order valence-corrected chi connectivity index (χ3v) is 6.19. The number of pyridine rings is 1. The number of benzene rings is 3. The quantitative estimate of drug-likeness (QED) is 0.217. The molecular weight excluding hydrogens is 412 g/mol. The molecule has 3 aromatic carbocycles. The first-order valence-corrected chi connectivity index (χ1v) is 11.6. The molecule has 0 saturated carbocycles. The SMILES string of the molecule is Cc1ccccc1OCCCSc1nc(-c2ccccc2)cc(-c2ccccc2)c1C#N. The van der Waals surface area contributed by atoms with Gasteiger partial charge in [0.05, 0.1) is 17.9 Å². The minimum absolute atomic E-state index is 0.626. The first-order valence-electron chi connectivity index (χ1n) is 10.6. The molecular formula is C28H24N2OS. The molecule has 0 bridgehead atoms. The van der Waals surface area contributed by atoms with E-state index in [0.29, 0.717) is 12.2 Å². The van der Waals surface area contributed by atoms with Gasteiger partial charge >= 0.3 is 0 Å². The summed E-state index contributed by atoms with van der Waals surface area (Å²) in [6.45, 7) is 2.68. The number of hydrogen-bond acceptors (Lipinski definition) is 4. The molecule has 1 heterocycles. The van der Waals surface area contributed by atoms with Crippen molar-refractivity contribution in [3.05, 3.63) is 102 Å². The van der Waals surface area contributed by atoms with Crippen LogP contribution >= 0.6 is 11.8 Å². The lowest BCUT2D eigenvalue weighted by atomic mass is 9.99. The van der Waals surface area contributed by atoms with E-state index < -0.39 is 0 Å². The molecule has 158 valence electrons. The first kappa shape index (κ1) is 21.7. The minimum Gasteiger partial charge on any atom is -0.493 e. The first-order chi connectivity index (χ1) is 15.8. The molecule has 4 rings (SSSR count). The van der Waals surface area contributed by atoms with Crippen LogP contribution in [0.3, 0.4) is 0 Å². The number of para-hydroxylation sites is 1. The third-order valence-electron chi connectivity index (χ3n) is 5.13. The summed E-state index contributed by atoms with van der Waals surface area (Å²) in [6.07, 6.45) is 0.863. The molecule has 4 aromatic rings. The number of nitriles is 1. The zero-order valence-corrected chi connectivity index (χ0v) is 18.8. The van der Waals surface area contributed by atoms with Crippen LogP contribution in [0.2, 0.25) is 0 Å². The topological polar surface area (TPSA) is 45.9 Å². The minimum atomic E-state index is 0.626. The number of nitrogens with zero attached hydrogens (tertiary/aromatic N) is 2. The Hall–Kier alpha value is -3.55. The molecule has 32 heavy (non-hydrogen) atoms. The third kappa shape index (κ3) is 5.19. The fourth-order valence-electron chi connectivity index (χ4n) is 3.46. The van der Waals surface area contributed by atoms with Gasteiger partial charge in [-0.05, 0) is 36.6 Å². The van der Waals surface area contributed by atoms with Gasteiger partial charge in [0.2, 0.25) is 0 Å². The van der Waals surface area contributed by atoms with Crippen molar-refractivity contribution in [3.8, 4) is 34.2 Å². The molecule has 0 N–H and O–H groups in total. The zero-order chi connectivity index (χ0) is 22.2. The van der Waals surface area contributed by atoms with Crippen LogP contribution in [0.25, 0.3) is 22.4 Å². The molecule has 0 saturated heterocycles. The van der Waals surface area contributed by atoms with E-state index in [0.717, 1.165) is 50.9 Å². The van der Waals surface area contributed by atoms with E-state index in [2.05, 4.69) is 6.07 Å². The zero-order valence-electron chi connectivity index (χ0n) is 18.0. The summed E-state index contributed by atoms with van der Waals surface area (Å²) in [6, 6.07) is 32.6. The Morgan fingerprint density at radius 3 is 2.22 bits per heavy atom. The highest BCUT2D eigenvalue weighted by atomic mass is 32.2. The Balaban J connectivity index is 1.56. The second kappa shape index (κ2) is 10.7. The standard InChI is InChI=1S/C28H24N2OS/c1-21-11-8-9-16-27(21)31-17-10-18-32-28-25(20-29)24(22-12-4-2-5-13-22)19-26(30-28)23-14-6-3-7-15-23/h2-9,11-16,19H,10,17-18H2,1H3. The predicted octanol–water partition coefficient (Wildman–Crippen LogP) is 7.16. The van der Waals surface area contributed by atoms with Gasteiger partial charge in [-0.2, -0.15) is 5.26 Å². The predicted molar refractivity (Wildman–Crippen MR) is 132 cm³/mol. The van der Waals surface area contributed by atoms with Crippen molar-refractivity contribution in [2.75, 3.05) is 12.4 Å². The van der Waals surface area contributed by atoms with Crippen molar-refractivity contribution in [2.24, 2.45) is 0 Å². The maximum Gasteiger partial charge on any atom is 0.122 e. The summed E-state index contributed by atoms with van der Waals surface area (Å²) >= 11 is 1.62. The second-order valence-corrected chi connectivity index (χ2v) is 8.48. The molecule has 0 fully saturated rings. The smallest absolute Gasteiger partial charge is 0.122 e. The lowest BCUT2D eigenvalue weighted by Crippen LogP contribution is -2.01. The van der Waals surface area contributed by atoms with Gasteiger partial charge in [0.15, 0.2) is 0 Å². The molecule has 4 heteroatoms. The largest absolute Gasteiger partial charge is 0.493 e. The lowest BCUT2D eigenvalue weighted by Gasteiger charge is -2.13. The van der Waals surface area contributed by atoms with Gasteiger partial charge in [0.25, 0.3) is 0 Å². The van der Waals surface area contributed by atoms with E-state index in [1.54, 1.807) is 11.8 Å². The van der Waals surface area contributed by atoms with Gasteiger partial charge in [-0.25, -0.2) is 4.98 Å². The summed E-state index contributed by atoms with van der Waals surface area (Å²) in [5.74, 6) is 1.74. The van der Waals surface area contributed by atoms with Crippen LogP contribution in [-0.2, 0) is 0 Å². The number of aromatic nitrogens is 1. The maximum atomic E-state index is 9.98. The van der Waals surface area contributed by atoms with Gasteiger partial charge in [-0.1, -0.05) is 78.9 Å². The number of ether oxygens (including phenoxy) is 1. The molecule has 3 nitrogen and oxygen atoms in total.